The molecule has 0 radical (unpaired) electrons. The zero-order valence-corrected chi connectivity index (χ0v) is 19.3. The molecule has 6 heteroatoms. The van der Waals surface area contributed by atoms with Crippen molar-refractivity contribution in [3.8, 4) is 0 Å². The van der Waals surface area contributed by atoms with Crippen LogP contribution in [0, 0.1) is 12.7 Å². The number of anilines is 1. The summed E-state index contributed by atoms with van der Waals surface area (Å²) in [5.41, 5.74) is 3.69. The number of ether oxygens (including phenoxy) is 1. The van der Waals surface area contributed by atoms with Crippen LogP contribution in [0.25, 0.3) is 0 Å². The van der Waals surface area contributed by atoms with Gasteiger partial charge in [0.25, 0.3) is 5.91 Å². The van der Waals surface area contributed by atoms with Crippen molar-refractivity contribution >= 4 is 17.5 Å². The van der Waals surface area contributed by atoms with Gasteiger partial charge in [-0.25, -0.2) is 4.39 Å². The maximum Gasteiger partial charge on any atom is 0.258 e. The van der Waals surface area contributed by atoms with Crippen molar-refractivity contribution in [2.45, 2.75) is 38.8 Å². The lowest BCUT2D eigenvalue weighted by Crippen LogP contribution is -2.33. The summed E-state index contributed by atoms with van der Waals surface area (Å²) in [7, 11) is 0. The molecule has 1 unspecified atom stereocenters. The van der Waals surface area contributed by atoms with Gasteiger partial charge in [0, 0.05) is 24.4 Å². The number of carbonyl (C=O) groups is 2. The van der Waals surface area contributed by atoms with E-state index in [1.54, 1.807) is 23.1 Å². The van der Waals surface area contributed by atoms with Crippen molar-refractivity contribution in [2.75, 3.05) is 18.1 Å². The van der Waals surface area contributed by atoms with E-state index in [0.717, 1.165) is 30.6 Å². The van der Waals surface area contributed by atoms with Gasteiger partial charge in [0.05, 0.1) is 19.1 Å². The fourth-order valence-corrected chi connectivity index (χ4v) is 4.13. The van der Waals surface area contributed by atoms with Crippen LogP contribution in [0.5, 0.6) is 0 Å². The maximum absolute atomic E-state index is 13.8. The number of amides is 2. The van der Waals surface area contributed by atoms with Gasteiger partial charge in [0.2, 0.25) is 5.91 Å². The van der Waals surface area contributed by atoms with Gasteiger partial charge in [-0.3, -0.25) is 9.59 Å². The molecule has 3 aromatic rings. The van der Waals surface area contributed by atoms with E-state index in [9.17, 15) is 14.0 Å². The number of carbonyl (C=O) groups excluding carboxylic acids is 2. The number of nitrogens with one attached hydrogen (secondary N) is 1. The molecule has 1 fully saturated rings. The van der Waals surface area contributed by atoms with E-state index in [-0.39, 0.29) is 36.7 Å². The van der Waals surface area contributed by atoms with Crippen LogP contribution in [0.2, 0.25) is 0 Å². The Bertz CT molecular complexity index is 1140. The van der Waals surface area contributed by atoms with Crippen LogP contribution >= 0.6 is 0 Å². The van der Waals surface area contributed by atoms with Crippen molar-refractivity contribution in [3.05, 3.63) is 101 Å². The highest BCUT2D eigenvalue weighted by Crippen LogP contribution is 2.23. The third-order valence-electron chi connectivity index (χ3n) is 6.01. The quantitative estimate of drug-likeness (QED) is 0.524. The SMILES string of the molecule is Cc1ccccc1C(=O)N(Cc1cccc(F)c1)c1ccc(CC(=O)NCC2CCCO2)cc1. The number of nitrogens with zero attached hydrogens (tertiary/aromatic N) is 1. The van der Waals surface area contributed by atoms with Gasteiger partial charge >= 0.3 is 0 Å². The summed E-state index contributed by atoms with van der Waals surface area (Å²) < 4.78 is 19.3. The number of benzene rings is 3. The molecule has 34 heavy (non-hydrogen) atoms. The van der Waals surface area contributed by atoms with Crippen molar-refractivity contribution < 1.29 is 18.7 Å². The predicted molar refractivity (Wildman–Crippen MR) is 130 cm³/mol. The summed E-state index contributed by atoms with van der Waals surface area (Å²) >= 11 is 0. The standard InChI is InChI=1S/C28H29FN2O3/c1-20-6-2-3-10-26(20)28(33)31(19-22-7-4-8-23(29)16-22)24-13-11-21(12-14-24)17-27(32)30-18-25-9-5-15-34-25/h2-4,6-8,10-14,16,25H,5,9,15,17-19H2,1H3,(H,30,32). The summed E-state index contributed by atoms with van der Waals surface area (Å²) in [6.45, 7) is 3.41. The summed E-state index contributed by atoms with van der Waals surface area (Å²) in [5, 5.41) is 2.93. The van der Waals surface area contributed by atoms with E-state index >= 15 is 0 Å². The Morgan fingerprint density at radius 2 is 1.82 bits per heavy atom. The first kappa shape index (κ1) is 23.6. The van der Waals surface area contributed by atoms with Crippen LogP contribution < -0.4 is 10.2 Å². The minimum atomic E-state index is -0.342. The molecule has 0 aromatic heterocycles. The molecule has 4 rings (SSSR count). The zero-order chi connectivity index (χ0) is 23.9. The number of halogens is 1. The third-order valence-corrected chi connectivity index (χ3v) is 6.01. The Balaban J connectivity index is 1.50. The molecule has 176 valence electrons. The normalized spacial score (nSPS) is 15.2. The predicted octanol–water partition coefficient (Wildman–Crippen LogP) is 4.82. The first-order valence-electron chi connectivity index (χ1n) is 11.6. The number of aryl methyl sites for hydroxylation is 1. The second kappa shape index (κ2) is 11.1. The van der Waals surface area contributed by atoms with Gasteiger partial charge < -0.3 is 15.0 Å². The molecule has 3 aromatic carbocycles. The molecule has 1 aliphatic heterocycles. The number of hydrogen-bond donors (Lipinski definition) is 1. The fraction of sp³-hybridized carbons (Fsp3) is 0.286. The lowest BCUT2D eigenvalue weighted by atomic mass is 10.1. The topological polar surface area (TPSA) is 58.6 Å². The lowest BCUT2D eigenvalue weighted by Gasteiger charge is -2.24. The minimum Gasteiger partial charge on any atom is -0.376 e. The molecular weight excluding hydrogens is 431 g/mol. The van der Waals surface area contributed by atoms with E-state index in [0.29, 0.717) is 23.4 Å². The third kappa shape index (κ3) is 6.08. The molecule has 0 spiro atoms. The largest absolute Gasteiger partial charge is 0.376 e. The molecule has 0 aliphatic carbocycles. The molecule has 0 bridgehead atoms. The fourth-order valence-electron chi connectivity index (χ4n) is 4.13. The smallest absolute Gasteiger partial charge is 0.258 e. The maximum atomic E-state index is 13.8. The van der Waals surface area contributed by atoms with Crippen LogP contribution in [0.15, 0.2) is 72.8 Å². The molecule has 1 N–H and O–H groups in total. The zero-order valence-electron chi connectivity index (χ0n) is 19.3. The average molecular weight is 461 g/mol. The molecule has 1 atom stereocenters. The highest BCUT2D eigenvalue weighted by atomic mass is 19.1. The molecule has 1 aliphatic rings. The van der Waals surface area contributed by atoms with E-state index in [2.05, 4.69) is 5.32 Å². The molecule has 1 saturated heterocycles. The second-order valence-corrected chi connectivity index (χ2v) is 8.62. The van der Waals surface area contributed by atoms with Crippen molar-refractivity contribution in [1.29, 1.82) is 0 Å². The highest BCUT2D eigenvalue weighted by Gasteiger charge is 2.20. The van der Waals surface area contributed by atoms with Crippen LogP contribution in [0.4, 0.5) is 10.1 Å². The molecular formula is C28H29FN2O3. The van der Waals surface area contributed by atoms with Crippen LogP contribution in [-0.4, -0.2) is 31.1 Å². The van der Waals surface area contributed by atoms with Gasteiger partial charge in [-0.15, -0.1) is 0 Å². The van der Waals surface area contributed by atoms with Gasteiger partial charge in [-0.2, -0.15) is 0 Å². The van der Waals surface area contributed by atoms with Gasteiger partial charge in [0.1, 0.15) is 5.82 Å². The van der Waals surface area contributed by atoms with Gasteiger partial charge in [-0.1, -0.05) is 42.5 Å². The van der Waals surface area contributed by atoms with Crippen LogP contribution in [0.3, 0.4) is 0 Å². The Morgan fingerprint density at radius 3 is 2.53 bits per heavy atom. The van der Waals surface area contributed by atoms with E-state index in [1.807, 2.05) is 49.4 Å². The first-order valence-corrected chi connectivity index (χ1v) is 11.6. The van der Waals surface area contributed by atoms with Crippen LogP contribution in [-0.2, 0) is 22.5 Å². The van der Waals surface area contributed by atoms with E-state index < -0.39 is 0 Å². The van der Waals surface area contributed by atoms with Gasteiger partial charge in [-0.05, 0) is 66.8 Å². The van der Waals surface area contributed by atoms with Crippen LogP contribution in [0.1, 0.15) is 39.9 Å². The summed E-state index contributed by atoms with van der Waals surface area (Å²) in [6.07, 6.45) is 2.37. The van der Waals surface area contributed by atoms with Gasteiger partial charge in [0.15, 0.2) is 0 Å². The average Bonchev–Trinajstić information content (AvgIpc) is 3.36. The summed E-state index contributed by atoms with van der Waals surface area (Å²) in [4.78, 5) is 27.4. The number of rotatable bonds is 8. The second-order valence-electron chi connectivity index (χ2n) is 8.62. The molecule has 2 amide bonds. The van der Waals surface area contributed by atoms with E-state index in [4.69, 9.17) is 4.74 Å². The Labute approximate surface area is 199 Å². The van der Waals surface area contributed by atoms with Crippen molar-refractivity contribution in [3.63, 3.8) is 0 Å². The molecule has 1 heterocycles. The Kier molecular flexibility index (Phi) is 7.70. The summed E-state index contributed by atoms with van der Waals surface area (Å²) in [5.74, 6) is -0.564. The van der Waals surface area contributed by atoms with Crippen molar-refractivity contribution in [1.82, 2.24) is 5.32 Å². The minimum absolute atomic E-state index is 0.0594. The summed E-state index contributed by atoms with van der Waals surface area (Å²) in [6, 6.07) is 21.0. The molecule has 0 saturated carbocycles. The van der Waals surface area contributed by atoms with E-state index in [1.165, 1.54) is 12.1 Å². The Morgan fingerprint density at radius 1 is 1.03 bits per heavy atom. The number of hydrogen-bond acceptors (Lipinski definition) is 3. The molecule has 5 nitrogen and oxygen atoms in total. The first-order chi connectivity index (χ1) is 16.5. The lowest BCUT2D eigenvalue weighted by molar-refractivity contribution is -0.120. The monoisotopic (exact) mass is 460 g/mol. The Hall–Kier alpha value is -3.51. The highest BCUT2D eigenvalue weighted by molar-refractivity contribution is 6.07. The van der Waals surface area contributed by atoms with Crippen molar-refractivity contribution in [2.24, 2.45) is 0 Å².